The molecule has 0 aliphatic carbocycles. The number of ether oxygens (including phenoxy) is 1. The Balaban J connectivity index is 2.06. The van der Waals surface area contributed by atoms with Crippen LogP contribution in [0.5, 0.6) is 0 Å². The van der Waals surface area contributed by atoms with Crippen LogP contribution in [0.25, 0.3) is 0 Å². The van der Waals surface area contributed by atoms with E-state index in [2.05, 4.69) is 5.32 Å². The third-order valence-electron chi connectivity index (χ3n) is 3.63. The highest BCUT2D eigenvalue weighted by atomic mass is 19.2. The van der Waals surface area contributed by atoms with Crippen molar-refractivity contribution in [1.82, 2.24) is 5.32 Å². The standard InChI is InChI=1S/C15H20F2N2O2/c1-2-3-12(18)15(20)19-13-6-7-21-14(13)9-4-5-10(16)11(17)8-9/h4-5,8,12-14H,2-3,6-7,18H2,1H3,(H,19,20). The Hall–Kier alpha value is -1.53. The fourth-order valence-electron chi connectivity index (χ4n) is 2.49. The molecular weight excluding hydrogens is 278 g/mol. The molecule has 3 atom stereocenters. The van der Waals surface area contributed by atoms with Crippen molar-refractivity contribution in [2.24, 2.45) is 5.73 Å². The highest BCUT2D eigenvalue weighted by Gasteiger charge is 2.32. The number of benzene rings is 1. The Bertz CT molecular complexity index is 510. The highest BCUT2D eigenvalue weighted by Crippen LogP contribution is 2.30. The number of carbonyl (C=O) groups is 1. The van der Waals surface area contributed by atoms with Crippen LogP contribution < -0.4 is 11.1 Å². The molecule has 1 aliphatic heterocycles. The molecule has 1 heterocycles. The predicted molar refractivity (Wildman–Crippen MR) is 74.5 cm³/mol. The van der Waals surface area contributed by atoms with Crippen molar-refractivity contribution in [2.75, 3.05) is 6.61 Å². The zero-order valence-corrected chi connectivity index (χ0v) is 11.9. The van der Waals surface area contributed by atoms with Crippen LogP contribution in [0.3, 0.4) is 0 Å². The number of halogens is 2. The summed E-state index contributed by atoms with van der Waals surface area (Å²) in [4.78, 5) is 12.0. The lowest BCUT2D eigenvalue weighted by Gasteiger charge is -2.22. The van der Waals surface area contributed by atoms with E-state index >= 15 is 0 Å². The van der Waals surface area contributed by atoms with Crippen molar-refractivity contribution < 1.29 is 18.3 Å². The lowest BCUT2D eigenvalue weighted by Crippen LogP contribution is -2.46. The largest absolute Gasteiger partial charge is 0.371 e. The van der Waals surface area contributed by atoms with Gasteiger partial charge in [0.05, 0.1) is 12.1 Å². The number of nitrogens with two attached hydrogens (primary N) is 1. The maximum Gasteiger partial charge on any atom is 0.237 e. The van der Waals surface area contributed by atoms with Gasteiger partial charge in [-0.15, -0.1) is 0 Å². The van der Waals surface area contributed by atoms with Crippen molar-refractivity contribution in [1.29, 1.82) is 0 Å². The molecule has 0 bridgehead atoms. The Kier molecular flexibility index (Phi) is 5.25. The second-order valence-corrected chi connectivity index (χ2v) is 5.26. The first-order chi connectivity index (χ1) is 10.0. The van der Waals surface area contributed by atoms with Crippen molar-refractivity contribution in [3.8, 4) is 0 Å². The zero-order chi connectivity index (χ0) is 15.4. The van der Waals surface area contributed by atoms with Gasteiger partial charge in [0.25, 0.3) is 0 Å². The smallest absolute Gasteiger partial charge is 0.237 e. The van der Waals surface area contributed by atoms with E-state index in [1.165, 1.54) is 6.07 Å². The molecule has 1 amide bonds. The SMILES string of the molecule is CCCC(N)C(=O)NC1CCOC1c1ccc(F)c(F)c1. The summed E-state index contributed by atoms with van der Waals surface area (Å²) in [6.45, 7) is 2.41. The van der Waals surface area contributed by atoms with E-state index in [1.807, 2.05) is 6.92 Å². The Morgan fingerprint density at radius 3 is 2.90 bits per heavy atom. The normalized spacial score (nSPS) is 23.0. The monoisotopic (exact) mass is 298 g/mol. The topological polar surface area (TPSA) is 64.4 Å². The van der Waals surface area contributed by atoms with Gasteiger partial charge < -0.3 is 15.8 Å². The summed E-state index contributed by atoms with van der Waals surface area (Å²) >= 11 is 0. The molecule has 2 rings (SSSR count). The average molecular weight is 298 g/mol. The fraction of sp³-hybridized carbons (Fsp3) is 0.533. The van der Waals surface area contributed by atoms with Gasteiger partial charge in [0.15, 0.2) is 11.6 Å². The molecule has 1 saturated heterocycles. The summed E-state index contributed by atoms with van der Waals surface area (Å²) in [5, 5.41) is 2.84. The first-order valence-electron chi connectivity index (χ1n) is 7.15. The molecule has 6 heteroatoms. The molecular formula is C15H20F2N2O2. The van der Waals surface area contributed by atoms with Crippen LogP contribution in [0, 0.1) is 11.6 Å². The summed E-state index contributed by atoms with van der Waals surface area (Å²) in [5.41, 5.74) is 6.29. The molecule has 116 valence electrons. The predicted octanol–water partition coefficient (Wildman–Crippen LogP) is 2.04. The number of hydrogen-bond donors (Lipinski definition) is 2. The molecule has 3 N–H and O–H groups in total. The van der Waals surface area contributed by atoms with Crippen LogP contribution in [-0.4, -0.2) is 24.6 Å². The Morgan fingerprint density at radius 2 is 2.24 bits per heavy atom. The van der Waals surface area contributed by atoms with Gasteiger partial charge in [-0.1, -0.05) is 19.4 Å². The molecule has 4 nitrogen and oxygen atoms in total. The van der Waals surface area contributed by atoms with E-state index in [-0.39, 0.29) is 11.9 Å². The van der Waals surface area contributed by atoms with Crippen molar-refractivity contribution >= 4 is 5.91 Å². The summed E-state index contributed by atoms with van der Waals surface area (Å²) in [6.07, 6.45) is 1.57. The van der Waals surface area contributed by atoms with Crippen LogP contribution in [0.1, 0.15) is 37.9 Å². The zero-order valence-electron chi connectivity index (χ0n) is 11.9. The molecule has 1 aromatic carbocycles. The van der Waals surface area contributed by atoms with Crippen LogP contribution in [-0.2, 0) is 9.53 Å². The first-order valence-corrected chi connectivity index (χ1v) is 7.15. The Labute approximate surface area is 122 Å². The maximum absolute atomic E-state index is 13.3. The van der Waals surface area contributed by atoms with E-state index in [9.17, 15) is 13.6 Å². The van der Waals surface area contributed by atoms with Crippen LogP contribution in [0.4, 0.5) is 8.78 Å². The third kappa shape index (κ3) is 3.77. The molecule has 1 aliphatic rings. The molecule has 21 heavy (non-hydrogen) atoms. The van der Waals surface area contributed by atoms with Crippen LogP contribution >= 0.6 is 0 Å². The Morgan fingerprint density at radius 1 is 1.48 bits per heavy atom. The minimum Gasteiger partial charge on any atom is -0.371 e. The van der Waals surface area contributed by atoms with Crippen molar-refractivity contribution in [3.63, 3.8) is 0 Å². The van der Waals surface area contributed by atoms with E-state index in [0.717, 1.165) is 18.6 Å². The van der Waals surface area contributed by atoms with E-state index < -0.39 is 23.8 Å². The van der Waals surface area contributed by atoms with Gasteiger partial charge >= 0.3 is 0 Å². The average Bonchev–Trinajstić information content (AvgIpc) is 2.90. The van der Waals surface area contributed by atoms with Crippen molar-refractivity contribution in [3.05, 3.63) is 35.4 Å². The van der Waals surface area contributed by atoms with Gasteiger partial charge in [0.1, 0.15) is 6.10 Å². The molecule has 0 aromatic heterocycles. The van der Waals surface area contributed by atoms with Gasteiger partial charge in [-0.05, 0) is 30.5 Å². The third-order valence-corrected chi connectivity index (χ3v) is 3.63. The first kappa shape index (κ1) is 15.9. The molecule has 0 spiro atoms. The minimum atomic E-state index is -0.921. The fourth-order valence-corrected chi connectivity index (χ4v) is 2.49. The minimum absolute atomic E-state index is 0.236. The maximum atomic E-state index is 13.3. The second-order valence-electron chi connectivity index (χ2n) is 5.26. The summed E-state index contributed by atoms with van der Waals surface area (Å²) in [6, 6.07) is 2.82. The molecule has 1 aromatic rings. The molecule has 0 saturated carbocycles. The van der Waals surface area contributed by atoms with Crippen LogP contribution in [0.2, 0.25) is 0 Å². The molecule has 3 unspecified atom stereocenters. The van der Waals surface area contributed by atoms with E-state index in [1.54, 1.807) is 0 Å². The van der Waals surface area contributed by atoms with Gasteiger partial charge in [-0.3, -0.25) is 4.79 Å². The summed E-state index contributed by atoms with van der Waals surface area (Å²) < 4.78 is 31.8. The van der Waals surface area contributed by atoms with E-state index in [0.29, 0.717) is 25.0 Å². The lowest BCUT2D eigenvalue weighted by atomic mass is 10.0. The highest BCUT2D eigenvalue weighted by molar-refractivity contribution is 5.81. The number of amides is 1. The number of nitrogens with one attached hydrogen (secondary N) is 1. The molecule has 0 radical (unpaired) electrons. The quantitative estimate of drug-likeness (QED) is 0.874. The van der Waals surface area contributed by atoms with Gasteiger partial charge in [-0.2, -0.15) is 0 Å². The second kappa shape index (κ2) is 6.95. The summed E-state index contributed by atoms with van der Waals surface area (Å²) in [7, 11) is 0. The van der Waals surface area contributed by atoms with E-state index in [4.69, 9.17) is 10.5 Å². The number of carbonyl (C=O) groups excluding carboxylic acids is 1. The van der Waals surface area contributed by atoms with Gasteiger partial charge in [0.2, 0.25) is 5.91 Å². The molecule has 1 fully saturated rings. The summed E-state index contributed by atoms with van der Waals surface area (Å²) in [5.74, 6) is -2.06. The van der Waals surface area contributed by atoms with Crippen LogP contribution in [0.15, 0.2) is 18.2 Å². The number of hydrogen-bond acceptors (Lipinski definition) is 3. The van der Waals surface area contributed by atoms with Gasteiger partial charge in [-0.25, -0.2) is 8.78 Å². The lowest BCUT2D eigenvalue weighted by molar-refractivity contribution is -0.123. The van der Waals surface area contributed by atoms with Crippen molar-refractivity contribution in [2.45, 2.75) is 44.4 Å². The number of rotatable bonds is 5. The van der Waals surface area contributed by atoms with Gasteiger partial charge in [0, 0.05) is 6.61 Å².